The summed E-state index contributed by atoms with van der Waals surface area (Å²) in [6.07, 6.45) is 3.61. The van der Waals surface area contributed by atoms with E-state index in [2.05, 4.69) is 24.5 Å². The average Bonchev–Trinajstić information content (AvgIpc) is 2.37. The number of hydrogen-bond donors (Lipinski definition) is 2. The molecule has 5 heteroatoms. The van der Waals surface area contributed by atoms with Gasteiger partial charge in [-0.05, 0) is 18.3 Å². The van der Waals surface area contributed by atoms with Gasteiger partial charge in [-0.15, -0.1) is 0 Å². The highest BCUT2D eigenvalue weighted by Crippen LogP contribution is 2.29. The minimum absolute atomic E-state index is 0.220. The van der Waals surface area contributed by atoms with Gasteiger partial charge in [0, 0.05) is 19.5 Å². The number of methoxy groups -OCH3 is 1. The van der Waals surface area contributed by atoms with Gasteiger partial charge in [0.05, 0.1) is 7.11 Å². The third-order valence-electron chi connectivity index (χ3n) is 4.15. The van der Waals surface area contributed by atoms with E-state index >= 15 is 0 Å². The van der Waals surface area contributed by atoms with Crippen molar-refractivity contribution in [1.29, 1.82) is 0 Å². The molecule has 5 nitrogen and oxygen atoms in total. The highest BCUT2D eigenvalue weighted by Gasteiger charge is 2.28. The van der Waals surface area contributed by atoms with Crippen LogP contribution >= 0.6 is 0 Å². The Bertz CT molecular complexity index is 320. The van der Waals surface area contributed by atoms with Crippen LogP contribution in [0.15, 0.2) is 0 Å². The number of carbonyl (C=O) groups is 2. The van der Waals surface area contributed by atoms with E-state index in [9.17, 15) is 9.59 Å². The number of nitrogens with one attached hydrogen (secondary N) is 2. The molecule has 0 radical (unpaired) electrons. The Hall–Kier alpha value is -1.10. The van der Waals surface area contributed by atoms with Crippen molar-refractivity contribution in [2.24, 2.45) is 11.8 Å². The lowest BCUT2D eigenvalue weighted by atomic mass is 9.78. The maximum Gasteiger partial charge on any atom is 0.329 e. The predicted octanol–water partition coefficient (Wildman–Crippen LogP) is 1.08. The van der Waals surface area contributed by atoms with E-state index in [0.717, 1.165) is 6.42 Å². The molecule has 1 amide bonds. The van der Waals surface area contributed by atoms with Gasteiger partial charge in [-0.2, -0.15) is 0 Å². The Kier molecular flexibility index (Phi) is 6.28. The lowest BCUT2D eigenvalue weighted by Gasteiger charge is -2.35. The Morgan fingerprint density at radius 3 is 2.58 bits per heavy atom. The number of ether oxygens (including phenoxy) is 1. The molecular weight excluding hydrogens is 244 g/mol. The van der Waals surface area contributed by atoms with Gasteiger partial charge in [-0.1, -0.05) is 26.7 Å². The monoisotopic (exact) mass is 270 g/mol. The topological polar surface area (TPSA) is 67.4 Å². The van der Waals surface area contributed by atoms with Crippen LogP contribution in [0.2, 0.25) is 0 Å². The van der Waals surface area contributed by atoms with Crippen molar-refractivity contribution >= 4 is 11.9 Å². The Morgan fingerprint density at radius 2 is 2.00 bits per heavy atom. The minimum atomic E-state index is -0.605. The molecule has 4 atom stereocenters. The third-order valence-corrected chi connectivity index (χ3v) is 4.15. The fourth-order valence-corrected chi connectivity index (χ4v) is 2.72. The second kappa shape index (κ2) is 7.48. The molecule has 0 aromatic heterocycles. The van der Waals surface area contributed by atoms with Crippen LogP contribution in [0, 0.1) is 11.8 Å². The predicted molar refractivity (Wildman–Crippen MR) is 73.6 cm³/mol. The Balaban J connectivity index is 2.50. The van der Waals surface area contributed by atoms with Crippen molar-refractivity contribution in [3.63, 3.8) is 0 Å². The molecular formula is C14H26N2O3. The molecule has 4 unspecified atom stereocenters. The van der Waals surface area contributed by atoms with Crippen molar-refractivity contribution in [2.75, 3.05) is 13.7 Å². The first kappa shape index (κ1) is 16.0. The summed E-state index contributed by atoms with van der Waals surface area (Å²) >= 11 is 0. The van der Waals surface area contributed by atoms with Crippen LogP contribution in [0.3, 0.4) is 0 Å². The van der Waals surface area contributed by atoms with Gasteiger partial charge in [0.1, 0.15) is 6.04 Å². The van der Waals surface area contributed by atoms with Crippen molar-refractivity contribution in [1.82, 2.24) is 10.6 Å². The molecule has 0 saturated heterocycles. The van der Waals surface area contributed by atoms with Crippen molar-refractivity contribution in [3.05, 3.63) is 0 Å². The third kappa shape index (κ3) is 4.82. The zero-order valence-corrected chi connectivity index (χ0v) is 12.4. The van der Waals surface area contributed by atoms with E-state index in [4.69, 9.17) is 4.74 Å². The van der Waals surface area contributed by atoms with Crippen LogP contribution in [-0.4, -0.2) is 37.6 Å². The highest BCUT2D eigenvalue weighted by atomic mass is 16.5. The molecule has 1 saturated carbocycles. The molecule has 2 N–H and O–H groups in total. The maximum atomic E-state index is 11.6. The van der Waals surface area contributed by atoms with Crippen molar-refractivity contribution in [3.8, 4) is 0 Å². The van der Waals surface area contributed by atoms with Crippen LogP contribution < -0.4 is 10.6 Å². The smallest absolute Gasteiger partial charge is 0.329 e. The Labute approximate surface area is 115 Å². The Morgan fingerprint density at radius 1 is 1.32 bits per heavy atom. The number of hydrogen-bond acceptors (Lipinski definition) is 4. The molecule has 0 aromatic carbocycles. The summed E-state index contributed by atoms with van der Waals surface area (Å²) in [6, 6.07) is -0.198. The summed E-state index contributed by atoms with van der Waals surface area (Å²) in [7, 11) is 1.34. The highest BCUT2D eigenvalue weighted by molar-refractivity contribution is 5.83. The maximum absolute atomic E-state index is 11.6. The van der Waals surface area contributed by atoms with Crippen molar-refractivity contribution in [2.45, 2.75) is 52.1 Å². The molecule has 0 aromatic rings. The lowest BCUT2D eigenvalue weighted by Crippen LogP contribution is -2.51. The number of carbonyl (C=O) groups excluding carboxylic acids is 2. The largest absolute Gasteiger partial charge is 0.467 e. The van der Waals surface area contributed by atoms with E-state index < -0.39 is 12.0 Å². The fraction of sp³-hybridized carbons (Fsp3) is 0.857. The molecule has 1 fully saturated rings. The lowest BCUT2D eigenvalue weighted by molar-refractivity contribution is -0.144. The van der Waals surface area contributed by atoms with Gasteiger partial charge in [0.2, 0.25) is 5.91 Å². The zero-order chi connectivity index (χ0) is 14.4. The molecule has 0 spiro atoms. The van der Waals surface area contributed by atoms with Crippen LogP contribution in [0.1, 0.15) is 40.0 Å². The van der Waals surface area contributed by atoms with Gasteiger partial charge in [0.25, 0.3) is 0 Å². The molecule has 110 valence electrons. The molecule has 0 aliphatic heterocycles. The molecule has 1 aliphatic rings. The summed E-state index contributed by atoms with van der Waals surface area (Å²) < 4.78 is 4.71. The summed E-state index contributed by atoms with van der Waals surface area (Å²) in [6.45, 7) is 6.34. The second-order valence-corrected chi connectivity index (χ2v) is 5.56. The second-order valence-electron chi connectivity index (χ2n) is 5.56. The standard InChI is InChI=1S/C14H26N2O3/c1-9-6-5-7-12(10(9)2)15-8-13(14(18)19-4)16-11(3)17/h9-10,12-13,15H,5-8H2,1-4H3,(H,16,17). The van der Waals surface area contributed by atoms with Crippen molar-refractivity contribution < 1.29 is 14.3 Å². The molecule has 0 bridgehead atoms. The van der Waals surface area contributed by atoms with Gasteiger partial charge >= 0.3 is 5.97 Å². The average molecular weight is 270 g/mol. The number of amides is 1. The van der Waals surface area contributed by atoms with Crippen LogP contribution in [0.4, 0.5) is 0 Å². The molecule has 19 heavy (non-hydrogen) atoms. The van der Waals surface area contributed by atoms with Gasteiger partial charge < -0.3 is 15.4 Å². The summed E-state index contributed by atoms with van der Waals surface area (Å²) in [4.78, 5) is 22.7. The first-order chi connectivity index (χ1) is 8.95. The van der Waals surface area contributed by atoms with E-state index in [0.29, 0.717) is 24.4 Å². The van der Waals surface area contributed by atoms with E-state index in [-0.39, 0.29) is 5.91 Å². The molecule has 1 rings (SSSR count). The van der Waals surface area contributed by atoms with E-state index in [1.165, 1.54) is 26.9 Å². The number of esters is 1. The van der Waals surface area contributed by atoms with Gasteiger partial charge in [-0.25, -0.2) is 4.79 Å². The summed E-state index contributed by atoms with van der Waals surface area (Å²) in [5.41, 5.74) is 0. The van der Waals surface area contributed by atoms with Gasteiger partial charge in [-0.3, -0.25) is 4.79 Å². The van der Waals surface area contributed by atoms with E-state index in [1.54, 1.807) is 0 Å². The summed E-state index contributed by atoms with van der Waals surface area (Å²) in [5.74, 6) is 0.662. The fourth-order valence-electron chi connectivity index (χ4n) is 2.72. The first-order valence-electron chi connectivity index (χ1n) is 7.04. The zero-order valence-electron chi connectivity index (χ0n) is 12.4. The summed E-state index contributed by atoms with van der Waals surface area (Å²) in [5, 5.41) is 6.03. The SMILES string of the molecule is COC(=O)C(CNC1CCCC(C)C1C)NC(C)=O. The number of rotatable bonds is 5. The normalized spacial score (nSPS) is 28.5. The quantitative estimate of drug-likeness (QED) is 0.734. The van der Waals surface area contributed by atoms with Crippen LogP contribution in [0.5, 0.6) is 0 Å². The first-order valence-corrected chi connectivity index (χ1v) is 7.04. The molecule has 0 heterocycles. The van der Waals surface area contributed by atoms with E-state index in [1.807, 2.05) is 0 Å². The van der Waals surface area contributed by atoms with Crippen LogP contribution in [0.25, 0.3) is 0 Å². The molecule has 1 aliphatic carbocycles. The van der Waals surface area contributed by atoms with Crippen LogP contribution in [-0.2, 0) is 14.3 Å². The van der Waals surface area contributed by atoms with Gasteiger partial charge in [0.15, 0.2) is 0 Å². The minimum Gasteiger partial charge on any atom is -0.467 e.